The number of para-hydroxylation sites is 2. The van der Waals surface area contributed by atoms with Gasteiger partial charge in [-0.05, 0) is 51.7 Å². The van der Waals surface area contributed by atoms with Gasteiger partial charge in [-0.3, -0.25) is 9.36 Å². The number of fused-ring (bicyclic) bond motifs is 2. The Morgan fingerprint density at radius 3 is 2.46 bits per heavy atom. The molecule has 218 valence electrons. The van der Waals surface area contributed by atoms with Crippen LogP contribution in [0.15, 0.2) is 24.3 Å². The predicted octanol–water partition coefficient (Wildman–Crippen LogP) is 2.87. The molecule has 41 heavy (non-hydrogen) atoms. The topological polar surface area (TPSA) is 124 Å². The third kappa shape index (κ3) is 4.93. The highest BCUT2D eigenvalue weighted by Crippen LogP contribution is 2.32. The Bertz CT molecular complexity index is 1580. The van der Waals surface area contributed by atoms with Crippen molar-refractivity contribution >= 4 is 33.9 Å². The number of carbonyl (C=O) groups excluding carboxylic acids is 1. The van der Waals surface area contributed by atoms with Gasteiger partial charge in [-0.2, -0.15) is 9.97 Å². The fraction of sp³-hybridized carbons (Fsp3) is 0.552. The van der Waals surface area contributed by atoms with Crippen molar-refractivity contribution in [1.82, 2.24) is 34.0 Å². The van der Waals surface area contributed by atoms with Crippen LogP contribution in [-0.4, -0.2) is 97.1 Å². The van der Waals surface area contributed by atoms with Crippen LogP contribution in [0.5, 0.6) is 0 Å². The summed E-state index contributed by atoms with van der Waals surface area (Å²) in [5.74, 6) is 2.13. The van der Waals surface area contributed by atoms with Crippen LogP contribution >= 0.6 is 0 Å². The maximum absolute atomic E-state index is 13.8. The smallest absolute Gasteiger partial charge is 0.289 e. The average molecular weight is 563 g/mol. The van der Waals surface area contributed by atoms with Crippen LogP contribution in [0.25, 0.3) is 28.1 Å². The number of aliphatic hydroxyl groups is 1. The second-order valence-corrected chi connectivity index (χ2v) is 11.5. The van der Waals surface area contributed by atoms with Gasteiger partial charge in [0.1, 0.15) is 11.9 Å². The molecule has 1 amide bonds. The number of nitrogens with zero attached hydrogens (tertiary/aromatic N) is 8. The van der Waals surface area contributed by atoms with Crippen molar-refractivity contribution in [1.29, 1.82) is 0 Å². The van der Waals surface area contributed by atoms with E-state index < -0.39 is 5.60 Å². The molecular formula is C29H38N8O4. The number of carbonyl (C=O) groups is 1. The molecular weight excluding hydrogens is 524 g/mol. The van der Waals surface area contributed by atoms with Gasteiger partial charge in [0.05, 0.1) is 29.8 Å². The van der Waals surface area contributed by atoms with Crippen LogP contribution < -0.4 is 4.90 Å². The number of morpholine rings is 1. The Balaban J connectivity index is 1.47. The summed E-state index contributed by atoms with van der Waals surface area (Å²) in [5, 5.41) is 10.5. The van der Waals surface area contributed by atoms with Crippen molar-refractivity contribution in [2.45, 2.75) is 45.3 Å². The normalized spacial score (nSPS) is 18.0. The summed E-state index contributed by atoms with van der Waals surface area (Å²) in [4.78, 5) is 37.5. The van der Waals surface area contributed by atoms with Gasteiger partial charge in [-0.25, -0.2) is 9.97 Å². The average Bonchev–Trinajstić information content (AvgIpc) is 3.54. The summed E-state index contributed by atoms with van der Waals surface area (Å²) in [5.41, 5.74) is 2.08. The molecule has 2 aliphatic rings. The van der Waals surface area contributed by atoms with E-state index in [4.69, 9.17) is 29.4 Å². The molecule has 0 aliphatic carbocycles. The second kappa shape index (κ2) is 10.7. The van der Waals surface area contributed by atoms with Crippen LogP contribution in [-0.2, 0) is 16.5 Å². The lowest BCUT2D eigenvalue weighted by molar-refractivity contribution is -0.0110. The molecule has 12 nitrogen and oxygen atoms in total. The molecule has 2 fully saturated rings. The van der Waals surface area contributed by atoms with Crippen LogP contribution in [0, 0.1) is 5.92 Å². The molecule has 0 radical (unpaired) electrons. The van der Waals surface area contributed by atoms with Crippen molar-refractivity contribution < 1.29 is 19.4 Å². The SMILES string of the molecule is COC(C)c1nc2ccccc2n1-c1nc(N2CCOCC2)c2nc(C(=O)N3CCC(C(C)(C)O)CC3)n(C)c2n1. The van der Waals surface area contributed by atoms with Crippen LogP contribution in [0.2, 0.25) is 0 Å². The number of methoxy groups -OCH3 is 1. The van der Waals surface area contributed by atoms with E-state index >= 15 is 0 Å². The molecule has 1 N–H and O–H groups in total. The second-order valence-electron chi connectivity index (χ2n) is 11.5. The van der Waals surface area contributed by atoms with E-state index in [-0.39, 0.29) is 17.9 Å². The van der Waals surface area contributed by atoms with E-state index in [1.165, 1.54) is 0 Å². The number of aromatic nitrogens is 6. The summed E-state index contributed by atoms with van der Waals surface area (Å²) in [6.45, 7) is 9.24. The number of piperidine rings is 1. The molecule has 0 saturated carbocycles. The number of aryl methyl sites for hydroxylation is 1. The summed E-state index contributed by atoms with van der Waals surface area (Å²) in [6, 6.07) is 7.87. The first-order valence-electron chi connectivity index (χ1n) is 14.3. The van der Waals surface area contributed by atoms with Gasteiger partial charge in [-0.1, -0.05) is 12.1 Å². The Morgan fingerprint density at radius 1 is 1.07 bits per heavy atom. The summed E-state index contributed by atoms with van der Waals surface area (Å²) < 4.78 is 15.0. The van der Waals surface area contributed by atoms with Gasteiger partial charge in [0.25, 0.3) is 5.91 Å². The monoisotopic (exact) mass is 562 g/mol. The Morgan fingerprint density at radius 2 is 1.78 bits per heavy atom. The number of likely N-dealkylation sites (tertiary alicyclic amines) is 1. The van der Waals surface area contributed by atoms with Crippen molar-refractivity contribution in [3.8, 4) is 5.95 Å². The zero-order valence-corrected chi connectivity index (χ0v) is 24.4. The molecule has 1 aromatic carbocycles. The third-order valence-corrected chi connectivity index (χ3v) is 8.48. The van der Waals surface area contributed by atoms with Gasteiger partial charge in [0.2, 0.25) is 11.8 Å². The van der Waals surface area contributed by atoms with Crippen LogP contribution in [0.3, 0.4) is 0 Å². The highest BCUT2D eigenvalue weighted by molar-refractivity contribution is 5.96. The molecule has 2 aliphatic heterocycles. The Labute approximate surface area is 238 Å². The lowest BCUT2D eigenvalue weighted by Gasteiger charge is -2.37. The van der Waals surface area contributed by atoms with Crippen molar-refractivity contribution in [3.05, 3.63) is 35.9 Å². The molecule has 6 rings (SSSR count). The van der Waals surface area contributed by atoms with Crippen LogP contribution in [0.4, 0.5) is 5.82 Å². The molecule has 12 heteroatoms. The fourth-order valence-electron chi connectivity index (χ4n) is 5.89. The van der Waals surface area contributed by atoms with E-state index in [9.17, 15) is 9.90 Å². The van der Waals surface area contributed by atoms with E-state index in [1.54, 1.807) is 11.7 Å². The number of rotatable bonds is 6. The lowest BCUT2D eigenvalue weighted by atomic mass is 9.83. The van der Waals surface area contributed by atoms with Gasteiger partial charge in [0, 0.05) is 40.3 Å². The number of hydrogen-bond donors (Lipinski definition) is 1. The van der Waals surface area contributed by atoms with Gasteiger partial charge in [-0.15, -0.1) is 0 Å². The minimum Gasteiger partial charge on any atom is -0.390 e. The Kier molecular flexibility index (Phi) is 7.16. The minimum atomic E-state index is -0.761. The Hall–Kier alpha value is -3.61. The molecule has 5 heterocycles. The molecule has 1 unspecified atom stereocenters. The number of anilines is 1. The molecule has 4 aromatic rings. The number of imidazole rings is 2. The highest BCUT2D eigenvalue weighted by atomic mass is 16.5. The largest absolute Gasteiger partial charge is 0.390 e. The first kappa shape index (κ1) is 27.6. The number of hydrogen-bond acceptors (Lipinski definition) is 9. The quantitative estimate of drug-likeness (QED) is 0.378. The van der Waals surface area contributed by atoms with Crippen molar-refractivity contribution in [3.63, 3.8) is 0 Å². The van der Waals surface area contributed by atoms with E-state index in [2.05, 4.69) is 4.90 Å². The van der Waals surface area contributed by atoms with E-state index in [0.29, 0.717) is 74.0 Å². The first-order chi connectivity index (χ1) is 19.7. The number of benzene rings is 1. The summed E-state index contributed by atoms with van der Waals surface area (Å²) in [6.07, 6.45) is 1.19. The molecule has 0 spiro atoms. The maximum atomic E-state index is 13.8. The molecule has 3 aromatic heterocycles. The number of ether oxygens (including phenoxy) is 2. The van der Waals surface area contributed by atoms with Gasteiger partial charge in [0.15, 0.2) is 17.0 Å². The molecule has 0 bridgehead atoms. The molecule has 1 atom stereocenters. The lowest BCUT2D eigenvalue weighted by Crippen LogP contribution is -2.44. The van der Waals surface area contributed by atoms with Crippen LogP contribution in [0.1, 0.15) is 56.2 Å². The van der Waals surface area contributed by atoms with Crippen molar-refractivity contribution in [2.24, 2.45) is 13.0 Å². The zero-order chi connectivity index (χ0) is 28.9. The standard InChI is InChI=1S/C29H38N8O4/c1-18(40-5)23-30-20-8-6-7-9-21(20)37(23)28-32-24-22(25(33-28)35-14-16-41-17-15-35)31-26(34(24)4)27(38)36-12-10-19(11-13-36)29(2,3)39/h6-9,18-19,39H,10-17H2,1-5H3. The molecule has 2 saturated heterocycles. The fourth-order valence-corrected chi connectivity index (χ4v) is 5.89. The first-order valence-corrected chi connectivity index (χ1v) is 14.3. The van der Waals surface area contributed by atoms with Gasteiger partial charge >= 0.3 is 0 Å². The predicted molar refractivity (Wildman–Crippen MR) is 154 cm³/mol. The summed E-state index contributed by atoms with van der Waals surface area (Å²) in [7, 11) is 3.48. The third-order valence-electron chi connectivity index (χ3n) is 8.48. The number of amides is 1. The van der Waals surface area contributed by atoms with E-state index in [0.717, 1.165) is 23.9 Å². The summed E-state index contributed by atoms with van der Waals surface area (Å²) >= 11 is 0. The highest BCUT2D eigenvalue weighted by Gasteiger charge is 2.34. The van der Waals surface area contributed by atoms with E-state index in [1.807, 2.05) is 61.6 Å². The zero-order valence-electron chi connectivity index (χ0n) is 24.4. The van der Waals surface area contributed by atoms with Gasteiger partial charge < -0.3 is 28.9 Å². The maximum Gasteiger partial charge on any atom is 0.289 e. The minimum absolute atomic E-state index is 0.143. The van der Waals surface area contributed by atoms with Crippen molar-refractivity contribution in [2.75, 3.05) is 51.4 Å².